The van der Waals surface area contributed by atoms with Crippen molar-refractivity contribution in [2.24, 2.45) is 0 Å². The predicted octanol–water partition coefficient (Wildman–Crippen LogP) is 2.43. The summed E-state index contributed by atoms with van der Waals surface area (Å²) in [6, 6.07) is 12.4. The van der Waals surface area contributed by atoms with Crippen LogP contribution in [0, 0.1) is 0 Å². The molecule has 6 rings (SSSR count). The minimum absolute atomic E-state index is 0.109. The second kappa shape index (κ2) is 13.5. The summed E-state index contributed by atoms with van der Waals surface area (Å²) in [6.07, 6.45) is 1.35. The van der Waals surface area contributed by atoms with Crippen LogP contribution in [0.15, 0.2) is 46.9 Å². The minimum Gasteiger partial charge on any atom is -0.486 e. The zero-order chi connectivity index (χ0) is 30.5. The fourth-order valence-corrected chi connectivity index (χ4v) is 5.47. The number of nitrogens with zero attached hydrogens (tertiary/aromatic N) is 3. The number of piperazine rings is 1. The topological polar surface area (TPSA) is 142 Å². The summed E-state index contributed by atoms with van der Waals surface area (Å²) in [6.45, 7) is 6.02. The van der Waals surface area contributed by atoms with Crippen LogP contribution in [0.25, 0.3) is 0 Å². The van der Waals surface area contributed by atoms with Crippen LogP contribution in [0.1, 0.15) is 29.2 Å². The number of methoxy groups -OCH3 is 1. The molecule has 2 amide bonds. The van der Waals surface area contributed by atoms with E-state index in [1.165, 1.54) is 7.11 Å². The van der Waals surface area contributed by atoms with Crippen molar-refractivity contribution in [3.63, 3.8) is 0 Å². The Morgan fingerprint density at radius 1 is 1.09 bits per heavy atom. The third kappa shape index (κ3) is 7.07. The first-order chi connectivity index (χ1) is 21.4. The second-order valence-electron chi connectivity index (χ2n) is 11.3. The lowest BCUT2D eigenvalue weighted by Crippen LogP contribution is -2.43. The predicted molar refractivity (Wildman–Crippen MR) is 164 cm³/mol. The molecule has 3 aromatic rings. The number of carbonyl (C=O) groups is 2. The Bertz CT molecular complexity index is 1470. The van der Waals surface area contributed by atoms with Gasteiger partial charge in [0.15, 0.2) is 23.4 Å². The maximum Gasteiger partial charge on any atom is 0.287 e. The molecular weight excluding hydrogens is 566 g/mol. The Morgan fingerprint density at radius 2 is 1.95 bits per heavy atom. The molecule has 0 radical (unpaired) electrons. The van der Waals surface area contributed by atoms with E-state index in [9.17, 15) is 9.59 Å². The maximum absolute atomic E-state index is 12.8. The number of benzene rings is 1. The molecule has 3 aliphatic rings. The van der Waals surface area contributed by atoms with Gasteiger partial charge in [-0.1, -0.05) is 6.07 Å². The highest BCUT2D eigenvalue weighted by atomic mass is 16.6. The molecule has 13 heteroatoms. The van der Waals surface area contributed by atoms with Gasteiger partial charge in [-0.3, -0.25) is 14.5 Å². The Labute approximate surface area is 256 Å². The minimum atomic E-state index is -0.418. The van der Waals surface area contributed by atoms with Crippen molar-refractivity contribution in [3.8, 4) is 17.4 Å². The van der Waals surface area contributed by atoms with E-state index < -0.39 is 6.10 Å². The molecule has 234 valence electrons. The second-order valence-corrected chi connectivity index (χ2v) is 11.3. The SMILES string of the molecule is COc1nc(Nc2cccc3c2OC(CNC(=O)c2ccc(CN4CCN(C)CC4)o2)CO3)ccc1NC(=O)[C@H]1CCCN1. The van der Waals surface area contributed by atoms with Crippen molar-refractivity contribution in [1.82, 2.24) is 25.4 Å². The van der Waals surface area contributed by atoms with E-state index in [2.05, 4.69) is 43.1 Å². The van der Waals surface area contributed by atoms with Crippen molar-refractivity contribution in [2.75, 3.05) is 70.7 Å². The van der Waals surface area contributed by atoms with Crippen LogP contribution in [0.3, 0.4) is 0 Å². The van der Waals surface area contributed by atoms with Gasteiger partial charge >= 0.3 is 0 Å². The molecule has 3 aliphatic heterocycles. The highest BCUT2D eigenvalue weighted by molar-refractivity contribution is 5.96. The normalized spacial score (nSPS) is 20.2. The number of carbonyl (C=O) groups excluding carboxylic acids is 2. The number of nitrogens with one attached hydrogen (secondary N) is 4. The molecule has 2 fully saturated rings. The number of amides is 2. The lowest BCUT2D eigenvalue weighted by atomic mass is 10.2. The summed E-state index contributed by atoms with van der Waals surface area (Å²) in [7, 11) is 3.63. The van der Waals surface area contributed by atoms with Crippen molar-refractivity contribution < 1.29 is 28.2 Å². The lowest BCUT2D eigenvalue weighted by Gasteiger charge is -2.31. The molecule has 13 nitrogen and oxygen atoms in total. The highest BCUT2D eigenvalue weighted by Crippen LogP contribution is 2.40. The van der Waals surface area contributed by atoms with E-state index in [0.29, 0.717) is 35.2 Å². The first-order valence-electron chi connectivity index (χ1n) is 15.0. The molecule has 5 heterocycles. The van der Waals surface area contributed by atoms with Gasteiger partial charge in [0.25, 0.3) is 5.91 Å². The Balaban J connectivity index is 1.05. The number of likely N-dealkylation sites (N-methyl/N-ethyl adjacent to an activating group) is 1. The molecule has 4 N–H and O–H groups in total. The number of fused-ring (bicyclic) bond motifs is 1. The summed E-state index contributed by atoms with van der Waals surface area (Å²) in [5, 5.41) is 12.3. The van der Waals surface area contributed by atoms with Crippen molar-refractivity contribution >= 4 is 29.0 Å². The summed E-state index contributed by atoms with van der Waals surface area (Å²) in [5.41, 5.74) is 1.13. The molecule has 2 aromatic heterocycles. The maximum atomic E-state index is 12.8. The van der Waals surface area contributed by atoms with E-state index in [4.69, 9.17) is 18.6 Å². The fourth-order valence-electron chi connectivity index (χ4n) is 5.47. The van der Waals surface area contributed by atoms with Gasteiger partial charge in [0.2, 0.25) is 11.8 Å². The number of para-hydroxylation sites is 1. The number of aromatic nitrogens is 1. The van der Waals surface area contributed by atoms with E-state index >= 15 is 0 Å². The highest BCUT2D eigenvalue weighted by Gasteiger charge is 2.26. The molecule has 0 saturated carbocycles. The third-order valence-electron chi connectivity index (χ3n) is 7.99. The summed E-state index contributed by atoms with van der Waals surface area (Å²) < 4.78 is 23.5. The zero-order valence-corrected chi connectivity index (χ0v) is 25.1. The Morgan fingerprint density at radius 3 is 2.75 bits per heavy atom. The van der Waals surface area contributed by atoms with E-state index in [-0.39, 0.29) is 42.6 Å². The van der Waals surface area contributed by atoms with Crippen LogP contribution in [-0.4, -0.2) is 98.8 Å². The standard InChI is InChI=1S/C31H39N7O6/c1-37-13-15-38(16-14-37)18-20-8-10-26(43-20)30(40)33-17-21-19-42-25-7-3-5-22(28(25)44-21)34-27-11-9-24(31(36-27)41-2)35-29(39)23-6-4-12-32-23/h3,5,7-11,21,23,32H,4,6,12-19H2,1-2H3,(H,33,40)(H,34,36)(H,35,39)/t21?,23-/m1/s1. The van der Waals surface area contributed by atoms with Gasteiger partial charge in [0.1, 0.15) is 23.9 Å². The van der Waals surface area contributed by atoms with Gasteiger partial charge in [0, 0.05) is 26.2 Å². The zero-order valence-electron chi connectivity index (χ0n) is 25.1. The summed E-state index contributed by atoms with van der Waals surface area (Å²) >= 11 is 0. The van der Waals surface area contributed by atoms with Crippen molar-refractivity contribution in [1.29, 1.82) is 0 Å². The van der Waals surface area contributed by atoms with Gasteiger partial charge in [-0.25, -0.2) is 0 Å². The molecule has 0 aliphatic carbocycles. The number of furan rings is 1. The quantitative estimate of drug-likeness (QED) is 0.271. The number of hydrogen-bond donors (Lipinski definition) is 4. The van der Waals surface area contributed by atoms with Crippen molar-refractivity contribution in [2.45, 2.75) is 31.5 Å². The molecule has 0 spiro atoms. The van der Waals surface area contributed by atoms with Crippen LogP contribution >= 0.6 is 0 Å². The number of ether oxygens (including phenoxy) is 3. The Kier molecular flexibility index (Phi) is 9.15. The largest absolute Gasteiger partial charge is 0.486 e. The number of pyridine rings is 1. The fraction of sp³-hybridized carbons (Fsp3) is 0.452. The molecule has 1 aromatic carbocycles. The summed E-state index contributed by atoms with van der Waals surface area (Å²) in [5.74, 6) is 2.50. The average Bonchev–Trinajstić information content (AvgIpc) is 3.75. The van der Waals surface area contributed by atoms with Gasteiger partial charge in [-0.05, 0) is 62.8 Å². The molecule has 1 unspecified atom stereocenters. The van der Waals surface area contributed by atoms with Crippen LogP contribution in [0.2, 0.25) is 0 Å². The third-order valence-corrected chi connectivity index (χ3v) is 7.99. The van der Waals surface area contributed by atoms with Gasteiger partial charge in [-0.2, -0.15) is 4.98 Å². The molecule has 2 saturated heterocycles. The molecular formula is C31H39N7O6. The number of anilines is 3. The first kappa shape index (κ1) is 29.7. The van der Waals surface area contributed by atoms with E-state index in [1.807, 2.05) is 24.3 Å². The van der Waals surface area contributed by atoms with Gasteiger partial charge < -0.3 is 44.8 Å². The first-order valence-corrected chi connectivity index (χ1v) is 15.0. The van der Waals surface area contributed by atoms with Crippen LogP contribution in [-0.2, 0) is 11.3 Å². The number of hydrogen-bond acceptors (Lipinski definition) is 11. The van der Waals surface area contributed by atoms with Crippen LogP contribution in [0.5, 0.6) is 17.4 Å². The molecule has 2 atom stereocenters. The van der Waals surface area contributed by atoms with Crippen LogP contribution in [0.4, 0.5) is 17.2 Å². The summed E-state index contributed by atoms with van der Waals surface area (Å²) in [4.78, 5) is 34.6. The van der Waals surface area contributed by atoms with Crippen molar-refractivity contribution in [3.05, 3.63) is 54.0 Å². The average molecular weight is 606 g/mol. The van der Waals surface area contributed by atoms with Gasteiger partial charge in [0.05, 0.1) is 31.9 Å². The smallest absolute Gasteiger partial charge is 0.287 e. The number of rotatable bonds is 10. The molecule has 44 heavy (non-hydrogen) atoms. The van der Waals surface area contributed by atoms with E-state index in [0.717, 1.165) is 51.3 Å². The monoisotopic (exact) mass is 605 g/mol. The lowest BCUT2D eigenvalue weighted by molar-refractivity contribution is -0.117. The Hall–Kier alpha value is -4.33. The van der Waals surface area contributed by atoms with Gasteiger partial charge in [-0.15, -0.1) is 0 Å². The van der Waals surface area contributed by atoms with E-state index in [1.54, 1.807) is 18.2 Å². The van der Waals surface area contributed by atoms with Crippen LogP contribution < -0.4 is 35.5 Å². The molecule has 0 bridgehead atoms.